The molecule has 27 heavy (non-hydrogen) atoms. The van der Waals surface area contributed by atoms with Crippen molar-refractivity contribution in [3.8, 4) is 0 Å². The molecule has 1 atom stereocenters. The third-order valence-corrected chi connectivity index (χ3v) is 7.96. The lowest BCUT2D eigenvalue weighted by atomic mass is 9.84. The Kier molecular flexibility index (Phi) is 5.30. The zero-order valence-corrected chi connectivity index (χ0v) is 16.9. The molecule has 1 heterocycles. The highest BCUT2D eigenvalue weighted by atomic mass is 32.2. The number of carbonyl (C=O) groups excluding carboxylic acids is 1. The Bertz CT molecular complexity index is 809. The lowest BCUT2D eigenvalue weighted by molar-refractivity contribution is -0.125. The molecule has 4 rings (SSSR count). The first kappa shape index (κ1) is 18.9. The number of amides is 1. The van der Waals surface area contributed by atoms with Gasteiger partial charge in [0, 0.05) is 23.7 Å². The molecular formula is C21H30N2O3S. The van der Waals surface area contributed by atoms with Gasteiger partial charge in [0.05, 0.1) is 4.90 Å². The van der Waals surface area contributed by atoms with Gasteiger partial charge in [0.15, 0.2) is 0 Å². The van der Waals surface area contributed by atoms with Crippen molar-refractivity contribution in [2.45, 2.75) is 88.1 Å². The fraction of sp³-hybridized carbons (Fsp3) is 0.667. The molecule has 1 unspecified atom stereocenters. The van der Waals surface area contributed by atoms with Crippen LogP contribution in [0.4, 0.5) is 5.69 Å². The molecule has 2 aliphatic carbocycles. The minimum atomic E-state index is -3.52. The second kappa shape index (κ2) is 7.55. The first-order valence-corrected chi connectivity index (χ1v) is 11.9. The van der Waals surface area contributed by atoms with Crippen molar-refractivity contribution in [1.29, 1.82) is 0 Å². The Labute approximate surface area is 162 Å². The second-order valence-corrected chi connectivity index (χ2v) is 10.2. The summed E-state index contributed by atoms with van der Waals surface area (Å²) < 4.78 is 28.7. The monoisotopic (exact) mass is 390 g/mol. The maximum Gasteiger partial charge on any atom is 0.240 e. The number of fused-ring (bicyclic) bond motifs is 1. The Morgan fingerprint density at radius 1 is 1.04 bits per heavy atom. The van der Waals surface area contributed by atoms with E-state index in [0.29, 0.717) is 4.90 Å². The highest BCUT2D eigenvalue weighted by Gasteiger charge is 2.37. The van der Waals surface area contributed by atoms with E-state index in [2.05, 4.69) is 11.6 Å². The molecule has 6 heteroatoms. The van der Waals surface area contributed by atoms with E-state index in [1.54, 1.807) is 12.1 Å². The van der Waals surface area contributed by atoms with Crippen molar-refractivity contribution in [1.82, 2.24) is 4.72 Å². The van der Waals surface area contributed by atoms with E-state index in [4.69, 9.17) is 0 Å². The number of hydrogen-bond donors (Lipinski definition) is 1. The van der Waals surface area contributed by atoms with Gasteiger partial charge in [-0.3, -0.25) is 4.79 Å². The zero-order chi connectivity index (χ0) is 19.0. The maximum absolute atomic E-state index is 12.9. The van der Waals surface area contributed by atoms with Gasteiger partial charge in [0.25, 0.3) is 0 Å². The molecule has 1 N–H and O–H groups in total. The number of benzene rings is 1. The molecule has 1 aromatic carbocycles. The van der Waals surface area contributed by atoms with Crippen LogP contribution in [-0.4, -0.2) is 26.4 Å². The lowest BCUT2D eigenvalue weighted by Gasteiger charge is -2.32. The van der Waals surface area contributed by atoms with Gasteiger partial charge in [0.2, 0.25) is 15.9 Å². The van der Waals surface area contributed by atoms with Gasteiger partial charge < -0.3 is 4.90 Å². The maximum atomic E-state index is 12.9. The molecule has 2 fully saturated rings. The summed E-state index contributed by atoms with van der Waals surface area (Å²) in [5, 5.41) is 0. The summed E-state index contributed by atoms with van der Waals surface area (Å²) in [6.45, 7) is 2.05. The first-order chi connectivity index (χ1) is 13.0. The second-order valence-electron chi connectivity index (χ2n) is 8.49. The van der Waals surface area contributed by atoms with E-state index in [1.807, 2.05) is 11.0 Å². The molecule has 0 aromatic heterocycles. The summed E-state index contributed by atoms with van der Waals surface area (Å²) in [6.07, 6.45) is 10.2. The van der Waals surface area contributed by atoms with Crippen molar-refractivity contribution in [2.24, 2.45) is 5.92 Å². The van der Waals surface area contributed by atoms with E-state index in [-0.39, 0.29) is 23.9 Å². The molecule has 0 radical (unpaired) electrons. The largest absolute Gasteiger partial charge is 0.309 e. The fourth-order valence-corrected chi connectivity index (χ4v) is 6.00. The molecule has 3 aliphatic rings. The van der Waals surface area contributed by atoms with Crippen LogP contribution in [0.1, 0.15) is 70.3 Å². The molecule has 5 nitrogen and oxygen atoms in total. The molecule has 148 valence electrons. The van der Waals surface area contributed by atoms with Gasteiger partial charge in [-0.15, -0.1) is 0 Å². The summed E-state index contributed by atoms with van der Waals surface area (Å²) >= 11 is 0. The number of nitrogens with zero attached hydrogens (tertiary/aromatic N) is 1. The smallest absolute Gasteiger partial charge is 0.240 e. The van der Waals surface area contributed by atoms with Gasteiger partial charge in [0.1, 0.15) is 0 Å². The van der Waals surface area contributed by atoms with Crippen molar-refractivity contribution in [3.63, 3.8) is 0 Å². The quantitative estimate of drug-likeness (QED) is 0.796. The number of carbonyl (C=O) groups is 1. The van der Waals surface area contributed by atoms with Crippen LogP contribution in [0.3, 0.4) is 0 Å². The molecule has 1 aliphatic heterocycles. The highest BCUT2D eigenvalue weighted by Crippen LogP contribution is 2.38. The molecule has 0 bridgehead atoms. The third-order valence-electron chi connectivity index (χ3n) is 6.45. The SMILES string of the molecule is CC1Cc2cc(S(=O)(=O)NC3CCCCCC3)ccc2N1C(=O)C1CCC1. The topological polar surface area (TPSA) is 66.5 Å². The Hall–Kier alpha value is -1.40. The molecule has 0 spiro atoms. The number of anilines is 1. The van der Waals surface area contributed by atoms with Crippen LogP contribution >= 0.6 is 0 Å². The summed E-state index contributed by atoms with van der Waals surface area (Å²) in [5.74, 6) is 0.360. The zero-order valence-electron chi connectivity index (χ0n) is 16.1. The molecular weight excluding hydrogens is 360 g/mol. The van der Waals surface area contributed by atoms with E-state index in [1.165, 1.54) is 12.8 Å². The van der Waals surface area contributed by atoms with E-state index in [0.717, 1.165) is 62.6 Å². The van der Waals surface area contributed by atoms with Crippen LogP contribution in [-0.2, 0) is 21.2 Å². The van der Waals surface area contributed by atoms with Crippen molar-refractivity contribution < 1.29 is 13.2 Å². The average Bonchev–Trinajstić information content (AvgIpc) is 2.72. The Morgan fingerprint density at radius 2 is 1.74 bits per heavy atom. The van der Waals surface area contributed by atoms with Crippen molar-refractivity contribution in [3.05, 3.63) is 23.8 Å². The summed E-state index contributed by atoms with van der Waals surface area (Å²) in [5.41, 5.74) is 1.87. The average molecular weight is 391 g/mol. The molecule has 0 saturated heterocycles. The predicted molar refractivity (Wildman–Crippen MR) is 106 cm³/mol. The standard InChI is InChI=1S/C21H30N2O3S/c1-15-13-17-14-19(27(25,26)22-18-9-4-2-3-5-10-18)11-12-20(17)23(15)21(24)16-7-6-8-16/h11-12,14-16,18,22H,2-10,13H2,1H3. The van der Waals surface area contributed by atoms with Gasteiger partial charge in [-0.05, 0) is 62.8 Å². The predicted octanol–water partition coefficient (Wildman–Crippen LogP) is 3.77. The summed E-state index contributed by atoms with van der Waals surface area (Å²) in [7, 11) is -3.52. The fourth-order valence-electron chi connectivity index (χ4n) is 4.65. The van der Waals surface area contributed by atoms with E-state index < -0.39 is 10.0 Å². The normalized spacial score (nSPS) is 24.3. The number of sulfonamides is 1. The number of rotatable bonds is 4. The minimum Gasteiger partial charge on any atom is -0.309 e. The van der Waals surface area contributed by atoms with Crippen LogP contribution in [0, 0.1) is 5.92 Å². The highest BCUT2D eigenvalue weighted by molar-refractivity contribution is 7.89. The number of hydrogen-bond acceptors (Lipinski definition) is 3. The van der Waals surface area contributed by atoms with Crippen LogP contribution in [0.25, 0.3) is 0 Å². The molecule has 1 aromatic rings. The van der Waals surface area contributed by atoms with E-state index in [9.17, 15) is 13.2 Å². The van der Waals surface area contributed by atoms with E-state index >= 15 is 0 Å². The Morgan fingerprint density at radius 3 is 2.37 bits per heavy atom. The third kappa shape index (κ3) is 3.79. The summed E-state index contributed by atoms with van der Waals surface area (Å²) in [6, 6.07) is 5.41. The summed E-state index contributed by atoms with van der Waals surface area (Å²) in [4.78, 5) is 15.0. The molecule has 1 amide bonds. The number of nitrogens with one attached hydrogen (secondary N) is 1. The van der Waals surface area contributed by atoms with Crippen LogP contribution in [0.2, 0.25) is 0 Å². The van der Waals surface area contributed by atoms with Gasteiger partial charge in [-0.1, -0.05) is 32.1 Å². The van der Waals surface area contributed by atoms with Gasteiger partial charge in [-0.25, -0.2) is 13.1 Å². The van der Waals surface area contributed by atoms with Crippen molar-refractivity contribution >= 4 is 21.6 Å². The van der Waals surface area contributed by atoms with Crippen LogP contribution in [0.5, 0.6) is 0 Å². The lowest BCUT2D eigenvalue weighted by Crippen LogP contribution is -2.42. The van der Waals surface area contributed by atoms with Crippen molar-refractivity contribution in [2.75, 3.05) is 4.90 Å². The van der Waals surface area contributed by atoms with Crippen LogP contribution in [0.15, 0.2) is 23.1 Å². The van der Waals surface area contributed by atoms with Crippen LogP contribution < -0.4 is 9.62 Å². The minimum absolute atomic E-state index is 0.0429. The molecule has 2 saturated carbocycles. The van der Waals surface area contributed by atoms with Gasteiger partial charge in [-0.2, -0.15) is 0 Å². The first-order valence-electron chi connectivity index (χ1n) is 10.4. The Balaban J connectivity index is 1.54. The van der Waals surface area contributed by atoms with Gasteiger partial charge >= 0.3 is 0 Å².